The molecule has 2 rings (SSSR count). The van der Waals surface area contributed by atoms with Gasteiger partial charge in [-0.3, -0.25) is 4.79 Å². The van der Waals surface area contributed by atoms with Gasteiger partial charge in [0.2, 0.25) is 5.91 Å². The number of hydrogen-bond donors (Lipinski definition) is 2. The van der Waals surface area contributed by atoms with Gasteiger partial charge in [0.15, 0.2) is 0 Å². The highest BCUT2D eigenvalue weighted by Gasteiger charge is 2.08. The third kappa shape index (κ3) is 3.04. The average Bonchev–Trinajstić information content (AvgIpc) is 2.76. The van der Waals surface area contributed by atoms with Crippen LogP contribution in [0.2, 0.25) is 0 Å². The van der Waals surface area contributed by atoms with Gasteiger partial charge in [-0.05, 0) is 29.6 Å². The quantitative estimate of drug-likeness (QED) is 0.823. The molecule has 0 radical (unpaired) electrons. The molecule has 0 saturated heterocycles. The molecule has 88 valence electrons. The summed E-state index contributed by atoms with van der Waals surface area (Å²) >= 11 is 1.49. The predicted octanol–water partition coefficient (Wildman–Crippen LogP) is 2.65. The smallest absolute Gasteiger partial charge is 0.229 e. The zero-order valence-corrected chi connectivity index (χ0v) is 9.76. The summed E-state index contributed by atoms with van der Waals surface area (Å²) < 4.78 is 13.3. The lowest BCUT2D eigenvalue weighted by Crippen LogP contribution is -2.14. The van der Waals surface area contributed by atoms with E-state index in [1.165, 1.54) is 29.5 Å². The summed E-state index contributed by atoms with van der Waals surface area (Å²) in [7, 11) is 0. The molecular formula is C12H11FN2OS. The maximum absolute atomic E-state index is 13.3. The Morgan fingerprint density at radius 3 is 2.94 bits per heavy atom. The summed E-state index contributed by atoms with van der Waals surface area (Å²) in [5.74, 6) is -0.740. The first-order valence-corrected chi connectivity index (χ1v) is 5.90. The summed E-state index contributed by atoms with van der Waals surface area (Å²) in [5.41, 5.74) is 6.06. The first kappa shape index (κ1) is 11.6. The number of halogens is 1. The van der Waals surface area contributed by atoms with Crippen LogP contribution in [0.1, 0.15) is 4.88 Å². The second kappa shape index (κ2) is 4.97. The van der Waals surface area contributed by atoms with Crippen LogP contribution in [0.4, 0.5) is 15.8 Å². The minimum Gasteiger partial charge on any atom is -0.399 e. The van der Waals surface area contributed by atoms with Gasteiger partial charge in [-0.1, -0.05) is 6.07 Å². The molecule has 0 saturated carbocycles. The standard InChI is InChI=1S/C12H11FN2OS/c13-10-4-3-8(14)6-11(10)15-12(16)7-9-2-1-5-17-9/h1-6H,7,14H2,(H,15,16). The van der Waals surface area contributed by atoms with Crippen molar-refractivity contribution >= 4 is 28.6 Å². The number of amides is 1. The molecule has 1 aromatic carbocycles. The van der Waals surface area contributed by atoms with Crippen LogP contribution in [0.3, 0.4) is 0 Å². The molecule has 0 spiro atoms. The molecule has 17 heavy (non-hydrogen) atoms. The Kier molecular flexibility index (Phi) is 3.39. The molecule has 3 nitrogen and oxygen atoms in total. The maximum atomic E-state index is 13.3. The lowest BCUT2D eigenvalue weighted by Gasteiger charge is -2.06. The van der Waals surface area contributed by atoms with Crippen molar-refractivity contribution in [1.82, 2.24) is 0 Å². The van der Waals surface area contributed by atoms with Gasteiger partial charge >= 0.3 is 0 Å². The molecule has 0 aliphatic heterocycles. The van der Waals surface area contributed by atoms with Gasteiger partial charge in [0.25, 0.3) is 0 Å². The second-order valence-corrected chi connectivity index (χ2v) is 4.58. The van der Waals surface area contributed by atoms with Gasteiger partial charge in [0.05, 0.1) is 12.1 Å². The van der Waals surface area contributed by atoms with Crippen molar-refractivity contribution in [2.45, 2.75) is 6.42 Å². The van der Waals surface area contributed by atoms with Crippen LogP contribution in [-0.2, 0) is 11.2 Å². The number of rotatable bonds is 3. The van der Waals surface area contributed by atoms with Crippen LogP contribution < -0.4 is 11.1 Å². The summed E-state index contributed by atoms with van der Waals surface area (Å²) in [6.45, 7) is 0. The second-order valence-electron chi connectivity index (χ2n) is 3.54. The zero-order chi connectivity index (χ0) is 12.3. The molecule has 1 amide bonds. The van der Waals surface area contributed by atoms with Gasteiger partial charge in [0, 0.05) is 10.6 Å². The average molecular weight is 250 g/mol. The summed E-state index contributed by atoms with van der Waals surface area (Å²) in [4.78, 5) is 12.6. The van der Waals surface area contributed by atoms with Crippen LogP contribution >= 0.6 is 11.3 Å². The van der Waals surface area contributed by atoms with Crippen LogP contribution in [0.15, 0.2) is 35.7 Å². The topological polar surface area (TPSA) is 55.1 Å². The molecule has 1 aromatic heterocycles. The van der Waals surface area contributed by atoms with E-state index in [2.05, 4.69) is 5.32 Å². The van der Waals surface area contributed by atoms with E-state index in [0.717, 1.165) is 4.88 Å². The van der Waals surface area contributed by atoms with Crippen molar-refractivity contribution < 1.29 is 9.18 Å². The Balaban J connectivity index is 2.05. The number of nitrogen functional groups attached to an aromatic ring is 1. The molecule has 0 aliphatic rings. The number of hydrogen-bond acceptors (Lipinski definition) is 3. The number of nitrogens with two attached hydrogens (primary N) is 1. The fourth-order valence-corrected chi connectivity index (χ4v) is 2.11. The molecule has 0 unspecified atom stereocenters. The van der Waals surface area contributed by atoms with Gasteiger partial charge in [0.1, 0.15) is 5.82 Å². The van der Waals surface area contributed by atoms with Gasteiger partial charge in [-0.15, -0.1) is 11.3 Å². The normalized spacial score (nSPS) is 10.2. The van der Waals surface area contributed by atoms with Crippen molar-refractivity contribution in [3.63, 3.8) is 0 Å². The summed E-state index contributed by atoms with van der Waals surface area (Å²) in [6.07, 6.45) is 0.242. The number of carbonyl (C=O) groups excluding carboxylic acids is 1. The van der Waals surface area contributed by atoms with E-state index in [9.17, 15) is 9.18 Å². The first-order valence-electron chi connectivity index (χ1n) is 5.02. The largest absolute Gasteiger partial charge is 0.399 e. The Morgan fingerprint density at radius 2 is 2.24 bits per heavy atom. The number of carbonyl (C=O) groups is 1. The van der Waals surface area contributed by atoms with Crippen LogP contribution in [0.5, 0.6) is 0 Å². The lowest BCUT2D eigenvalue weighted by molar-refractivity contribution is -0.115. The molecule has 2 aromatic rings. The number of thiophene rings is 1. The highest BCUT2D eigenvalue weighted by molar-refractivity contribution is 7.10. The number of benzene rings is 1. The Morgan fingerprint density at radius 1 is 1.41 bits per heavy atom. The minimum absolute atomic E-state index is 0.117. The van der Waals surface area contributed by atoms with Crippen molar-refractivity contribution in [2.24, 2.45) is 0 Å². The highest BCUT2D eigenvalue weighted by Crippen LogP contribution is 2.18. The lowest BCUT2D eigenvalue weighted by atomic mass is 10.2. The van der Waals surface area contributed by atoms with E-state index in [1.54, 1.807) is 0 Å². The SMILES string of the molecule is Nc1ccc(F)c(NC(=O)Cc2cccs2)c1. The third-order valence-electron chi connectivity index (χ3n) is 2.18. The molecular weight excluding hydrogens is 239 g/mol. The third-order valence-corrected chi connectivity index (χ3v) is 3.06. The van der Waals surface area contributed by atoms with Crippen LogP contribution in [0, 0.1) is 5.82 Å². The fourth-order valence-electron chi connectivity index (χ4n) is 1.40. The van der Waals surface area contributed by atoms with E-state index in [1.807, 2.05) is 17.5 Å². The van der Waals surface area contributed by atoms with Crippen molar-refractivity contribution in [3.05, 3.63) is 46.4 Å². The Labute approximate surface area is 102 Å². The molecule has 0 fully saturated rings. The molecule has 0 bridgehead atoms. The van der Waals surface area contributed by atoms with Crippen LogP contribution in [-0.4, -0.2) is 5.91 Å². The maximum Gasteiger partial charge on any atom is 0.229 e. The summed E-state index contributed by atoms with van der Waals surface area (Å²) in [6, 6.07) is 7.82. The number of nitrogens with one attached hydrogen (secondary N) is 1. The molecule has 5 heteroatoms. The zero-order valence-electron chi connectivity index (χ0n) is 8.94. The van der Waals surface area contributed by atoms with Gasteiger partial charge in [-0.25, -0.2) is 4.39 Å². The van der Waals surface area contributed by atoms with E-state index in [-0.39, 0.29) is 18.0 Å². The van der Waals surface area contributed by atoms with E-state index in [4.69, 9.17) is 5.73 Å². The van der Waals surface area contributed by atoms with E-state index in [0.29, 0.717) is 5.69 Å². The van der Waals surface area contributed by atoms with Gasteiger partial charge in [-0.2, -0.15) is 0 Å². The van der Waals surface area contributed by atoms with Crippen molar-refractivity contribution in [2.75, 3.05) is 11.1 Å². The predicted molar refractivity (Wildman–Crippen MR) is 67.5 cm³/mol. The molecule has 0 atom stereocenters. The first-order chi connectivity index (χ1) is 8.15. The van der Waals surface area contributed by atoms with Crippen molar-refractivity contribution in [1.29, 1.82) is 0 Å². The molecule has 0 aliphatic carbocycles. The molecule has 3 N–H and O–H groups in total. The fraction of sp³-hybridized carbons (Fsp3) is 0.0833. The number of anilines is 2. The molecule has 1 heterocycles. The minimum atomic E-state index is -0.487. The Bertz CT molecular complexity index is 525. The van der Waals surface area contributed by atoms with E-state index >= 15 is 0 Å². The van der Waals surface area contributed by atoms with Gasteiger partial charge < -0.3 is 11.1 Å². The van der Waals surface area contributed by atoms with Crippen LogP contribution in [0.25, 0.3) is 0 Å². The van der Waals surface area contributed by atoms with Crippen molar-refractivity contribution in [3.8, 4) is 0 Å². The highest BCUT2D eigenvalue weighted by atomic mass is 32.1. The monoisotopic (exact) mass is 250 g/mol. The Hall–Kier alpha value is -1.88. The summed E-state index contributed by atoms with van der Waals surface area (Å²) in [5, 5.41) is 4.39. The van der Waals surface area contributed by atoms with E-state index < -0.39 is 5.82 Å².